The van der Waals surface area contributed by atoms with Crippen molar-refractivity contribution in [2.24, 2.45) is 5.73 Å². The Labute approximate surface area is 100.0 Å². The molecule has 1 saturated heterocycles. The first kappa shape index (κ1) is 11.1. The predicted octanol–water partition coefficient (Wildman–Crippen LogP) is -2.05. The van der Waals surface area contributed by atoms with Crippen molar-refractivity contribution in [3.8, 4) is 0 Å². The molecule has 0 aliphatic carbocycles. The monoisotopic (exact) mass is 241 g/mol. The van der Waals surface area contributed by atoms with E-state index in [0.717, 1.165) is 24.4 Å². The normalized spacial score (nSPS) is 36.8. The maximum absolute atomic E-state index is 9.08. The minimum Gasteiger partial charge on any atom is -0.394 e. The first-order valence-corrected chi connectivity index (χ1v) is 6.03. The zero-order valence-electron chi connectivity index (χ0n) is 9.65. The van der Waals surface area contributed by atoms with E-state index in [9.17, 15) is 0 Å². The van der Waals surface area contributed by atoms with Gasteiger partial charge in [-0.1, -0.05) is 0 Å². The molecule has 3 rings (SSSR count). The van der Waals surface area contributed by atoms with Crippen LogP contribution in [0.3, 0.4) is 0 Å². The molecule has 0 bridgehead atoms. The SMILES string of the molecule is NC1NCNC2=C1NCN2[C@H]1CC[C@@H](CO)O1. The molecule has 7 nitrogen and oxygen atoms in total. The van der Waals surface area contributed by atoms with Crippen molar-refractivity contribution in [3.63, 3.8) is 0 Å². The molecule has 0 aromatic heterocycles. The van der Waals surface area contributed by atoms with Gasteiger partial charge in [0, 0.05) is 0 Å². The first-order valence-electron chi connectivity index (χ1n) is 6.03. The highest BCUT2D eigenvalue weighted by atomic mass is 16.5. The topological polar surface area (TPSA) is 94.8 Å². The standard InChI is InChI=1S/C10H19N5O2/c11-9-8-10(13-4-12-9)15(5-14-8)7-2-1-6(3-16)17-7/h6-7,9,12-14,16H,1-5,11H2/t6-,7+,9?/m0/s1. The van der Waals surface area contributed by atoms with E-state index < -0.39 is 0 Å². The van der Waals surface area contributed by atoms with Crippen LogP contribution < -0.4 is 21.7 Å². The Morgan fingerprint density at radius 1 is 1.41 bits per heavy atom. The summed E-state index contributed by atoms with van der Waals surface area (Å²) < 4.78 is 5.78. The summed E-state index contributed by atoms with van der Waals surface area (Å²) >= 11 is 0. The van der Waals surface area contributed by atoms with Crippen LogP contribution in [0, 0.1) is 0 Å². The minimum absolute atomic E-state index is 0.0277. The van der Waals surface area contributed by atoms with E-state index >= 15 is 0 Å². The summed E-state index contributed by atoms with van der Waals surface area (Å²) in [7, 11) is 0. The average Bonchev–Trinajstić information content (AvgIpc) is 2.94. The van der Waals surface area contributed by atoms with Gasteiger partial charge in [-0.25, -0.2) is 0 Å². The molecule has 96 valence electrons. The van der Waals surface area contributed by atoms with Gasteiger partial charge in [-0.05, 0) is 12.8 Å². The summed E-state index contributed by atoms with van der Waals surface area (Å²) in [5, 5.41) is 18.8. The zero-order chi connectivity index (χ0) is 11.8. The lowest BCUT2D eigenvalue weighted by atomic mass is 10.2. The molecule has 0 aromatic rings. The van der Waals surface area contributed by atoms with Crippen LogP contribution in [0.5, 0.6) is 0 Å². The maximum Gasteiger partial charge on any atom is 0.133 e. The first-order chi connectivity index (χ1) is 8.29. The van der Waals surface area contributed by atoms with Crippen molar-refractivity contribution in [1.29, 1.82) is 0 Å². The van der Waals surface area contributed by atoms with Crippen molar-refractivity contribution in [3.05, 3.63) is 11.5 Å². The van der Waals surface area contributed by atoms with Gasteiger partial charge in [0.05, 0.1) is 31.7 Å². The Kier molecular flexibility index (Phi) is 2.83. The van der Waals surface area contributed by atoms with E-state index in [-0.39, 0.29) is 25.1 Å². The van der Waals surface area contributed by atoms with Gasteiger partial charge < -0.3 is 31.1 Å². The number of ether oxygens (including phenoxy) is 1. The van der Waals surface area contributed by atoms with Crippen LogP contribution in [0.15, 0.2) is 11.5 Å². The third kappa shape index (κ3) is 1.85. The molecule has 3 aliphatic heterocycles. The molecule has 7 heteroatoms. The van der Waals surface area contributed by atoms with E-state index in [2.05, 4.69) is 20.9 Å². The quantitative estimate of drug-likeness (QED) is 0.380. The van der Waals surface area contributed by atoms with E-state index in [4.69, 9.17) is 15.6 Å². The lowest BCUT2D eigenvalue weighted by Crippen LogP contribution is -2.52. The third-order valence-electron chi connectivity index (χ3n) is 3.51. The van der Waals surface area contributed by atoms with E-state index in [1.54, 1.807) is 0 Å². The average molecular weight is 241 g/mol. The molecule has 17 heavy (non-hydrogen) atoms. The van der Waals surface area contributed by atoms with Gasteiger partial charge in [-0.3, -0.25) is 5.32 Å². The van der Waals surface area contributed by atoms with E-state index in [1.807, 2.05) is 0 Å². The van der Waals surface area contributed by atoms with Gasteiger partial charge in [0.25, 0.3) is 0 Å². The smallest absolute Gasteiger partial charge is 0.133 e. The summed E-state index contributed by atoms with van der Waals surface area (Å²) in [4.78, 5) is 2.14. The van der Waals surface area contributed by atoms with E-state index in [0.29, 0.717) is 13.3 Å². The van der Waals surface area contributed by atoms with Crippen LogP contribution >= 0.6 is 0 Å². The van der Waals surface area contributed by atoms with Crippen molar-refractivity contribution >= 4 is 0 Å². The van der Waals surface area contributed by atoms with Gasteiger partial charge in [0.1, 0.15) is 18.2 Å². The highest BCUT2D eigenvalue weighted by Gasteiger charge is 2.37. The molecule has 3 heterocycles. The second kappa shape index (κ2) is 4.34. The predicted molar refractivity (Wildman–Crippen MR) is 61.0 cm³/mol. The number of hydrogen-bond donors (Lipinski definition) is 5. The van der Waals surface area contributed by atoms with Gasteiger partial charge in [0.2, 0.25) is 0 Å². The number of aliphatic hydroxyl groups excluding tert-OH is 1. The molecule has 0 spiro atoms. The number of nitrogens with one attached hydrogen (secondary N) is 3. The van der Waals surface area contributed by atoms with Crippen LogP contribution in [0.1, 0.15) is 12.8 Å². The lowest BCUT2D eigenvalue weighted by molar-refractivity contribution is -0.0549. The minimum atomic E-state index is -0.147. The van der Waals surface area contributed by atoms with Crippen molar-refractivity contribution in [2.75, 3.05) is 19.9 Å². The Morgan fingerprint density at radius 3 is 3.06 bits per heavy atom. The van der Waals surface area contributed by atoms with Gasteiger partial charge >= 0.3 is 0 Å². The fourth-order valence-electron chi connectivity index (χ4n) is 2.58. The molecule has 1 fully saturated rings. The zero-order valence-corrected chi connectivity index (χ0v) is 9.65. The molecule has 0 aromatic carbocycles. The lowest BCUT2D eigenvalue weighted by Gasteiger charge is -2.31. The van der Waals surface area contributed by atoms with Crippen LogP contribution in [0.4, 0.5) is 0 Å². The number of aliphatic hydroxyl groups is 1. The fraction of sp³-hybridized carbons (Fsp3) is 0.800. The second-order valence-electron chi connectivity index (χ2n) is 4.57. The number of hydrogen-bond acceptors (Lipinski definition) is 7. The summed E-state index contributed by atoms with van der Waals surface area (Å²) in [6.07, 6.45) is 1.70. The summed E-state index contributed by atoms with van der Waals surface area (Å²) in [5.74, 6) is 1.03. The Balaban J connectivity index is 1.73. The highest BCUT2D eigenvalue weighted by molar-refractivity contribution is 5.22. The van der Waals surface area contributed by atoms with Gasteiger partial charge in [-0.15, -0.1) is 0 Å². The Hall–Kier alpha value is -1.02. The Morgan fingerprint density at radius 2 is 2.29 bits per heavy atom. The summed E-state index contributed by atoms with van der Waals surface area (Å²) in [6, 6.07) is 0. The second-order valence-corrected chi connectivity index (χ2v) is 4.57. The van der Waals surface area contributed by atoms with Crippen LogP contribution in [-0.4, -0.2) is 48.4 Å². The third-order valence-corrected chi connectivity index (χ3v) is 3.51. The number of nitrogens with two attached hydrogens (primary N) is 1. The van der Waals surface area contributed by atoms with Crippen LogP contribution in [0.2, 0.25) is 0 Å². The summed E-state index contributed by atoms with van der Waals surface area (Å²) in [5.41, 5.74) is 6.95. The van der Waals surface area contributed by atoms with Gasteiger partial charge in [0.15, 0.2) is 0 Å². The molecular formula is C10H19N5O2. The van der Waals surface area contributed by atoms with Crippen LogP contribution in [0.25, 0.3) is 0 Å². The van der Waals surface area contributed by atoms with Crippen molar-refractivity contribution in [2.45, 2.75) is 31.3 Å². The molecule has 6 N–H and O–H groups in total. The molecule has 0 saturated carbocycles. The molecular weight excluding hydrogens is 222 g/mol. The molecule has 3 atom stereocenters. The van der Waals surface area contributed by atoms with Crippen LogP contribution in [-0.2, 0) is 4.74 Å². The largest absolute Gasteiger partial charge is 0.394 e. The van der Waals surface area contributed by atoms with Crippen molar-refractivity contribution < 1.29 is 9.84 Å². The number of rotatable bonds is 2. The number of nitrogens with zero attached hydrogens (tertiary/aromatic N) is 1. The molecule has 1 unspecified atom stereocenters. The highest BCUT2D eigenvalue weighted by Crippen LogP contribution is 2.28. The Bertz CT molecular complexity index is 335. The molecule has 3 aliphatic rings. The van der Waals surface area contributed by atoms with E-state index in [1.165, 1.54) is 0 Å². The maximum atomic E-state index is 9.08. The summed E-state index contributed by atoms with van der Waals surface area (Å²) in [6.45, 7) is 1.46. The van der Waals surface area contributed by atoms with Crippen molar-refractivity contribution in [1.82, 2.24) is 20.9 Å². The molecule has 0 amide bonds. The van der Waals surface area contributed by atoms with Gasteiger partial charge in [-0.2, -0.15) is 0 Å². The fourth-order valence-corrected chi connectivity index (χ4v) is 2.58. The molecule has 0 radical (unpaired) electrons.